The van der Waals surface area contributed by atoms with Crippen LogP contribution in [0, 0.1) is 0 Å². The molecule has 0 saturated carbocycles. The third kappa shape index (κ3) is 1.54. The van der Waals surface area contributed by atoms with E-state index in [4.69, 9.17) is 17.5 Å². The number of fused-ring (bicyclic) bond motifs is 1. The lowest BCUT2D eigenvalue weighted by Gasteiger charge is -1.92. The number of nitrogens with one attached hydrogen (secondary N) is 1. The van der Waals surface area contributed by atoms with Crippen LogP contribution in [0.15, 0.2) is 24.3 Å². The zero-order chi connectivity index (χ0) is 9.26. The molecule has 2 aromatic rings. The fourth-order valence-corrected chi connectivity index (χ4v) is 1.57. The Morgan fingerprint density at radius 2 is 2.31 bits per heavy atom. The number of H-pyrrole nitrogens is 1. The first kappa shape index (κ1) is 8.56. The zero-order valence-electron chi connectivity index (χ0n) is 6.88. The minimum atomic E-state index is 0.366. The molecule has 13 heavy (non-hydrogen) atoms. The molecule has 0 atom stereocenters. The van der Waals surface area contributed by atoms with E-state index >= 15 is 0 Å². The first-order valence-electron chi connectivity index (χ1n) is 3.89. The van der Waals surface area contributed by atoms with Gasteiger partial charge in [-0.25, -0.2) is 5.90 Å². The van der Waals surface area contributed by atoms with Gasteiger partial charge in [-0.3, -0.25) is 4.84 Å². The summed E-state index contributed by atoms with van der Waals surface area (Å²) < 4.78 is 0. The fraction of sp³-hybridized carbons (Fsp3) is 0.111. The number of hydrogen-bond acceptors (Lipinski definition) is 2. The quantitative estimate of drug-likeness (QED) is 0.724. The molecule has 0 unspecified atom stereocenters. The van der Waals surface area contributed by atoms with Crippen LogP contribution in [0.2, 0.25) is 5.02 Å². The molecule has 4 heteroatoms. The Morgan fingerprint density at radius 1 is 1.46 bits per heavy atom. The van der Waals surface area contributed by atoms with Gasteiger partial charge >= 0.3 is 0 Å². The van der Waals surface area contributed by atoms with Crippen LogP contribution in [0.5, 0.6) is 0 Å². The summed E-state index contributed by atoms with van der Waals surface area (Å²) in [6, 6.07) is 7.70. The monoisotopic (exact) mass is 196 g/mol. The van der Waals surface area contributed by atoms with Crippen molar-refractivity contribution in [1.29, 1.82) is 0 Å². The maximum absolute atomic E-state index is 5.97. The number of nitrogens with two attached hydrogens (primary N) is 1. The summed E-state index contributed by atoms with van der Waals surface area (Å²) in [6.45, 7) is 0.366. The molecule has 0 bridgehead atoms. The Bertz CT molecular complexity index is 424. The van der Waals surface area contributed by atoms with Crippen molar-refractivity contribution in [2.45, 2.75) is 6.61 Å². The van der Waals surface area contributed by atoms with Gasteiger partial charge in [0.05, 0.1) is 10.5 Å². The Morgan fingerprint density at radius 3 is 3.00 bits per heavy atom. The van der Waals surface area contributed by atoms with E-state index in [1.807, 2.05) is 24.3 Å². The summed E-state index contributed by atoms with van der Waals surface area (Å²) in [5.41, 5.74) is 1.85. The molecule has 3 N–H and O–H groups in total. The maximum Gasteiger partial charge on any atom is 0.108 e. The van der Waals surface area contributed by atoms with E-state index in [2.05, 4.69) is 9.82 Å². The lowest BCUT2D eigenvalue weighted by molar-refractivity contribution is 0.122. The molecule has 0 aliphatic rings. The zero-order valence-corrected chi connectivity index (χ0v) is 7.64. The molecule has 0 aliphatic carbocycles. The first-order chi connectivity index (χ1) is 6.31. The van der Waals surface area contributed by atoms with Crippen LogP contribution in [0.1, 0.15) is 5.69 Å². The minimum absolute atomic E-state index is 0.366. The third-order valence-corrected chi connectivity index (χ3v) is 2.21. The van der Waals surface area contributed by atoms with Crippen molar-refractivity contribution >= 4 is 22.5 Å². The second-order valence-electron chi connectivity index (χ2n) is 2.81. The van der Waals surface area contributed by atoms with E-state index in [-0.39, 0.29) is 0 Å². The van der Waals surface area contributed by atoms with Gasteiger partial charge < -0.3 is 4.98 Å². The standard InChI is InChI=1S/C9H9ClN2O/c10-8-3-1-2-6-4-7(5-13-11)12-9(6)8/h1-4,12H,5,11H2. The predicted octanol–water partition coefficient (Wildman–Crippen LogP) is 2.21. The third-order valence-electron chi connectivity index (χ3n) is 1.90. The van der Waals surface area contributed by atoms with Crippen LogP contribution < -0.4 is 5.90 Å². The lowest BCUT2D eigenvalue weighted by atomic mass is 10.2. The number of benzene rings is 1. The Kier molecular flexibility index (Phi) is 2.22. The maximum atomic E-state index is 5.97. The van der Waals surface area contributed by atoms with E-state index < -0.39 is 0 Å². The molecule has 2 rings (SSSR count). The minimum Gasteiger partial charge on any atom is -0.355 e. The topological polar surface area (TPSA) is 51.0 Å². The molecule has 0 saturated heterocycles. The lowest BCUT2D eigenvalue weighted by Crippen LogP contribution is -1.98. The summed E-state index contributed by atoms with van der Waals surface area (Å²) >= 11 is 5.97. The molecular weight excluding hydrogens is 188 g/mol. The Hall–Kier alpha value is -1.03. The van der Waals surface area contributed by atoms with Gasteiger partial charge in [-0.2, -0.15) is 0 Å². The van der Waals surface area contributed by atoms with E-state index in [0.29, 0.717) is 11.6 Å². The summed E-state index contributed by atoms with van der Waals surface area (Å²) in [6.07, 6.45) is 0. The van der Waals surface area contributed by atoms with Crippen LogP contribution in [0.3, 0.4) is 0 Å². The molecule has 0 spiro atoms. The van der Waals surface area contributed by atoms with Crippen molar-refractivity contribution in [2.75, 3.05) is 0 Å². The van der Waals surface area contributed by atoms with Gasteiger partial charge in [0.1, 0.15) is 6.61 Å². The molecule has 0 fully saturated rings. The molecular formula is C9H9ClN2O. The van der Waals surface area contributed by atoms with Gasteiger partial charge in [0.15, 0.2) is 0 Å². The van der Waals surface area contributed by atoms with E-state index in [0.717, 1.165) is 16.6 Å². The van der Waals surface area contributed by atoms with E-state index in [9.17, 15) is 0 Å². The van der Waals surface area contributed by atoms with Crippen LogP contribution in [0.25, 0.3) is 10.9 Å². The summed E-state index contributed by atoms with van der Waals surface area (Å²) in [5, 5.41) is 1.78. The van der Waals surface area contributed by atoms with Crippen molar-refractivity contribution in [2.24, 2.45) is 5.90 Å². The molecule has 68 valence electrons. The molecule has 3 nitrogen and oxygen atoms in total. The highest BCUT2D eigenvalue weighted by Gasteiger charge is 2.02. The smallest absolute Gasteiger partial charge is 0.108 e. The summed E-state index contributed by atoms with van der Waals surface area (Å²) in [7, 11) is 0. The van der Waals surface area contributed by atoms with Gasteiger partial charge in [-0.1, -0.05) is 23.7 Å². The van der Waals surface area contributed by atoms with Crippen molar-refractivity contribution in [3.05, 3.63) is 35.0 Å². The van der Waals surface area contributed by atoms with Crippen molar-refractivity contribution in [3.63, 3.8) is 0 Å². The summed E-state index contributed by atoms with van der Waals surface area (Å²) in [4.78, 5) is 7.65. The number of rotatable bonds is 2. The van der Waals surface area contributed by atoms with Gasteiger partial charge in [-0.15, -0.1) is 0 Å². The fourth-order valence-electron chi connectivity index (χ4n) is 1.34. The number of hydrogen-bond donors (Lipinski definition) is 2. The van der Waals surface area contributed by atoms with Crippen molar-refractivity contribution in [1.82, 2.24) is 4.98 Å². The van der Waals surface area contributed by atoms with E-state index in [1.165, 1.54) is 0 Å². The summed E-state index contributed by atoms with van der Waals surface area (Å²) in [5.74, 6) is 4.97. The molecule has 1 aromatic heterocycles. The normalized spacial score (nSPS) is 10.9. The molecule has 1 aromatic carbocycles. The highest BCUT2D eigenvalue weighted by atomic mass is 35.5. The first-order valence-corrected chi connectivity index (χ1v) is 4.27. The Labute approximate surface area is 80.4 Å². The average Bonchev–Trinajstić information content (AvgIpc) is 2.49. The second kappa shape index (κ2) is 3.38. The highest BCUT2D eigenvalue weighted by Crippen LogP contribution is 2.23. The average molecular weight is 197 g/mol. The van der Waals surface area contributed by atoms with Crippen LogP contribution in [-0.2, 0) is 11.4 Å². The van der Waals surface area contributed by atoms with Crippen LogP contribution in [-0.4, -0.2) is 4.98 Å². The SMILES string of the molecule is NOCc1cc2cccc(Cl)c2[nH]1. The molecule has 0 radical (unpaired) electrons. The van der Waals surface area contributed by atoms with Gasteiger partial charge in [0.25, 0.3) is 0 Å². The Balaban J connectivity index is 2.55. The van der Waals surface area contributed by atoms with Gasteiger partial charge in [0, 0.05) is 11.1 Å². The van der Waals surface area contributed by atoms with Crippen LogP contribution >= 0.6 is 11.6 Å². The van der Waals surface area contributed by atoms with Crippen molar-refractivity contribution in [3.8, 4) is 0 Å². The molecule has 0 aliphatic heterocycles. The largest absolute Gasteiger partial charge is 0.355 e. The molecule has 1 heterocycles. The second-order valence-corrected chi connectivity index (χ2v) is 3.22. The van der Waals surface area contributed by atoms with Gasteiger partial charge in [0.2, 0.25) is 0 Å². The van der Waals surface area contributed by atoms with Crippen molar-refractivity contribution < 1.29 is 4.84 Å². The number of aromatic amines is 1. The van der Waals surface area contributed by atoms with Crippen LogP contribution in [0.4, 0.5) is 0 Å². The molecule has 0 amide bonds. The van der Waals surface area contributed by atoms with Gasteiger partial charge in [-0.05, 0) is 12.1 Å². The highest BCUT2D eigenvalue weighted by molar-refractivity contribution is 6.35. The number of para-hydroxylation sites is 1. The number of aromatic nitrogens is 1. The van der Waals surface area contributed by atoms with E-state index in [1.54, 1.807) is 0 Å². The predicted molar refractivity (Wildman–Crippen MR) is 52.3 cm³/mol. The number of halogens is 1.